The monoisotopic (exact) mass is 441 g/mol. The Morgan fingerprint density at radius 2 is 2.10 bits per heavy atom. The van der Waals surface area contributed by atoms with Crippen molar-refractivity contribution in [3.63, 3.8) is 0 Å². The van der Waals surface area contributed by atoms with Crippen LogP contribution >= 0.6 is 22.9 Å². The molecule has 29 heavy (non-hydrogen) atoms. The summed E-state index contributed by atoms with van der Waals surface area (Å²) in [5.41, 5.74) is 0.190. The van der Waals surface area contributed by atoms with Gasteiger partial charge in [-0.05, 0) is 12.1 Å². The number of hydrogen-bond acceptors (Lipinski definition) is 6. The highest BCUT2D eigenvalue weighted by molar-refractivity contribution is 7.17. The average Bonchev–Trinajstić information content (AvgIpc) is 3.36. The molecule has 0 aliphatic carbocycles. The Bertz CT molecular complexity index is 1210. The average molecular weight is 442 g/mol. The number of carbonyl (C=O) groups excluding carboxylic acids is 1. The van der Waals surface area contributed by atoms with Crippen LogP contribution in [-0.2, 0) is 13.2 Å². The summed E-state index contributed by atoms with van der Waals surface area (Å²) in [6.07, 6.45) is -1.68. The molecule has 0 atom stereocenters. The molecule has 0 radical (unpaired) electrons. The van der Waals surface area contributed by atoms with Gasteiger partial charge in [0.25, 0.3) is 5.91 Å². The number of fused-ring (bicyclic) bond motifs is 1. The first-order chi connectivity index (χ1) is 13.7. The third-order valence-electron chi connectivity index (χ3n) is 3.95. The maximum absolute atomic E-state index is 12.9. The van der Waals surface area contributed by atoms with Crippen molar-refractivity contribution in [2.75, 3.05) is 10.6 Å². The number of thiazole rings is 1. The summed E-state index contributed by atoms with van der Waals surface area (Å²) in [6, 6.07) is 4.22. The van der Waals surface area contributed by atoms with E-state index in [9.17, 15) is 18.0 Å². The van der Waals surface area contributed by atoms with Gasteiger partial charge in [0, 0.05) is 18.5 Å². The second kappa shape index (κ2) is 7.04. The minimum atomic E-state index is -4.52. The van der Waals surface area contributed by atoms with Crippen molar-refractivity contribution in [3.8, 4) is 0 Å². The van der Waals surface area contributed by atoms with Crippen LogP contribution < -0.4 is 10.6 Å². The zero-order valence-electron chi connectivity index (χ0n) is 14.5. The molecule has 3 aromatic heterocycles. The Kier molecular flexibility index (Phi) is 4.67. The van der Waals surface area contributed by atoms with E-state index >= 15 is 0 Å². The van der Waals surface area contributed by atoms with E-state index in [1.165, 1.54) is 19.4 Å². The van der Waals surface area contributed by atoms with E-state index in [-0.39, 0.29) is 15.8 Å². The maximum atomic E-state index is 12.9. The Morgan fingerprint density at radius 1 is 1.31 bits per heavy atom. The van der Waals surface area contributed by atoms with E-state index in [0.717, 1.165) is 22.1 Å². The summed E-state index contributed by atoms with van der Waals surface area (Å²) in [5.74, 6) is -0.504. The number of carbonyl (C=O) groups is 1. The molecule has 0 bridgehead atoms. The van der Waals surface area contributed by atoms with Crippen LogP contribution in [0.5, 0.6) is 0 Å². The van der Waals surface area contributed by atoms with Gasteiger partial charge in [-0.2, -0.15) is 23.4 Å². The Balaban J connectivity index is 1.52. The van der Waals surface area contributed by atoms with Crippen molar-refractivity contribution < 1.29 is 18.0 Å². The van der Waals surface area contributed by atoms with E-state index in [1.54, 1.807) is 12.1 Å². The molecule has 13 heteroatoms. The number of aromatic nitrogens is 5. The van der Waals surface area contributed by atoms with Crippen LogP contribution in [-0.4, -0.2) is 30.9 Å². The second-order valence-corrected chi connectivity index (χ2v) is 7.34. The molecule has 1 amide bonds. The molecule has 0 saturated heterocycles. The van der Waals surface area contributed by atoms with E-state index in [0.29, 0.717) is 21.6 Å². The number of alkyl halides is 3. The topological polar surface area (TPSA) is 101 Å². The number of amides is 1. The van der Waals surface area contributed by atoms with Gasteiger partial charge in [-0.1, -0.05) is 22.9 Å². The minimum Gasteiger partial charge on any atom is -0.319 e. The lowest BCUT2D eigenvalue weighted by Gasteiger charge is -2.07. The summed E-state index contributed by atoms with van der Waals surface area (Å²) in [6.45, 7) is 0. The molecule has 0 spiro atoms. The van der Waals surface area contributed by atoms with Gasteiger partial charge in [0.1, 0.15) is 10.6 Å². The molecule has 1 aromatic carbocycles. The number of halogens is 4. The highest BCUT2D eigenvalue weighted by atomic mass is 35.5. The van der Waals surface area contributed by atoms with Crippen molar-refractivity contribution >= 4 is 56.4 Å². The van der Waals surface area contributed by atoms with Gasteiger partial charge in [-0.15, -0.1) is 0 Å². The molecule has 0 unspecified atom stereocenters. The molecule has 0 aliphatic heterocycles. The third kappa shape index (κ3) is 3.76. The highest BCUT2D eigenvalue weighted by Crippen LogP contribution is 2.33. The van der Waals surface area contributed by atoms with E-state index < -0.39 is 17.8 Å². The lowest BCUT2D eigenvalue weighted by atomic mass is 10.2. The molecular formula is C16H11ClF3N7OS. The highest BCUT2D eigenvalue weighted by Gasteiger charge is 2.35. The number of hydrogen-bond donors (Lipinski definition) is 3. The number of nitrogens with one attached hydrogen (secondary N) is 3. The van der Waals surface area contributed by atoms with Crippen LogP contribution in [0.1, 0.15) is 15.4 Å². The summed E-state index contributed by atoms with van der Waals surface area (Å²) in [5, 5.41) is 17.0. The van der Waals surface area contributed by atoms with Crippen LogP contribution in [0.2, 0.25) is 5.02 Å². The maximum Gasteiger partial charge on any atom is 0.433 e. The zero-order valence-corrected chi connectivity index (χ0v) is 16.1. The molecule has 8 nitrogen and oxygen atoms in total. The number of rotatable bonds is 4. The van der Waals surface area contributed by atoms with E-state index in [1.807, 2.05) is 0 Å². The quantitative estimate of drug-likeness (QED) is 0.435. The zero-order chi connectivity index (χ0) is 20.8. The molecule has 0 fully saturated rings. The number of nitrogens with zero attached hydrogens (tertiary/aromatic N) is 4. The molecule has 4 rings (SSSR count). The van der Waals surface area contributed by atoms with Gasteiger partial charge in [-0.3, -0.25) is 14.6 Å². The van der Waals surface area contributed by atoms with E-state index in [2.05, 4.69) is 30.9 Å². The number of benzene rings is 1. The smallest absolute Gasteiger partial charge is 0.319 e. The molecular weight excluding hydrogens is 431 g/mol. The standard InChI is InChI=1S/C16H11ClF3N7OS/c1-27-11(16(18,19)20)4-12(26-27)23-15-21-6-10(29-15)14(28)24-13-7-5-22-25-9(7)3-2-8(13)17/h2-6H,1H3,(H,22,25)(H,24,28)(H,21,23,26). The van der Waals surface area contributed by atoms with Gasteiger partial charge in [0.15, 0.2) is 10.9 Å². The summed E-state index contributed by atoms with van der Waals surface area (Å²) in [7, 11) is 1.19. The number of anilines is 3. The van der Waals surface area contributed by atoms with Crippen molar-refractivity contribution in [2.45, 2.75) is 6.18 Å². The summed E-state index contributed by atoms with van der Waals surface area (Å²) >= 11 is 7.13. The Morgan fingerprint density at radius 3 is 2.83 bits per heavy atom. The fourth-order valence-electron chi connectivity index (χ4n) is 2.63. The lowest BCUT2D eigenvalue weighted by molar-refractivity contribution is -0.143. The second-order valence-electron chi connectivity index (χ2n) is 5.90. The SMILES string of the molecule is Cn1nc(Nc2ncc(C(=O)Nc3c(Cl)ccc4[nH]ncc34)s2)cc1C(F)(F)F. The van der Waals surface area contributed by atoms with Crippen molar-refractivity contribution in [2.24, 2.45) is 7.05 Å². The fraction of sp³-hybridized carbons (Fsp3) is 0.125. The van der Waals surface area contributed by atoms with Gasteiger partial charge in [0.05, 0.1) is 28.6 Å². The van der Waals surface area contributed by atoms with Crippen LogP contribution in [0.25, 0.3) is 10.9 Å². The lowest BCUT2D eigenvalue weighted by Crippen LogP contribution is -2.11. The fourth-order valence-corrected chi connectivity index (χ4v) is 3.56. The van der Waals surface area contributed by atoms with Crippen molar-refractivity contribution in [1.82, 2.24) is 25.0 Å². The van der Waals surface area contributed by atoms with Gasteiger partial charge in [0.2, 0.25) is 0 Å². The van der Waals surface area contributed by atoms with Crippen LogP contribution in [0.4, 0.5) is 29.8 Å². The Labute approximate surface area is 169 Å². The van der Waals surface area contributed by atoms with Crippen LogP contribution in [0, 0.1) is 0 Å². The molecule has 150 valence electrons. The van der Waals surface area contributed by atoms with Gasteiger partial charge >= 0.3 is 6.18 Å². The van der Waals surface area contributed by atoms with Crippen LogP contribution in [0.15, 0.2) is 30.6 Å². The largest absolute Gasteiger partial charge is 0.433 e. The molecule has 0 aliphatic rings. The predicted molar refractivity (Wildman–Crippen MR) is 103 cm³/mol. The van der Waals surface area contributed by atoms with Crippen LogP contribution in [0.3, 0.4) is 0 Å². The van der Waals surface area contributed by atoms with E-state index in [4.69, 9.17) is 11.6 Å². The Hall–Kier alpha value is -3.12. The van der Waals surface area contributed by atoms with Gasteiger partial charge in [-0.25, -0.2) is 4.98 Å². The molecule has 3 heterocycles. The summed E-state index contributed by atoms with van der Waals surface area (Å²) < 4.78 is 39.3. The number of aromatic amines is 1. The first-order valence-electron chi connectivity index (χ1n) is 7.99. The predicted octanol–water partition coefficient (Wildman–Crippen LogP) is 4.42. The third-order valence-corrected chi connectivity index (χ3v) is 5.17. The summed E-state index contributed by atoms with van der Waals surface area (Å²) in [4.78, 5) is 16.8. The first-order valence-corrected chi connectivity index (χ1v) is 9.19. The number of aryl methyl sites for hydroxylation is 1. The molecule has 0 saturated carbocycles. The minimum absolute atomic E-state index is 0.0349. The number of H-pyrrole nitrogens is 1. The first kappa shape index (κ1) is 19.2. The van der Waals surface area contributed by atoms with Gasteiger partial charge < -0.3 is 10.6 Å². The molecule has 4 aromatic rings. The normalized spacial score (nSPS) is 11.8. The molecule has 3 N–H and O–H groups in total. The van der Waals surface area contributed by atoms with Crippen molar-refractivity contribution in [1.29, 1.82) is 0 Å². The van der Waals surface area contributed by atoms with Crippen molar-refractivity contribution in [3.05, 3.63) is 46.2 Å².